The SMILES string of the molecule is CC[C@H](C)N1C(=O)S/C(=C\c2ccc(N(C)C)c(Br)c2)C1=O. The van der Waals surface area contributed by atoms with Crippen LogP contribution >= 0.6 is 27.7 Å². The molecule has 0 radical (unpaired) electrons. The lowest BCUT2D eigenvalue weighted by Gasteiger charge is -2.19. The Bertz CT molecular complexity index is 643. The Morgan fingerprint density at radius 2 is 2.05 bits per heavy atom. The van der Waals surface area contributed by atoms with Gasteiger partial charge in [-0.2, -0.15) is 0 Å². The van der Waals surface area contributed by atoms with Gasteiger partial charge in [0, 0.05) is 24.6 Å². The molecule has 22 heavy (non-hydrogen) atoms. The monoisotopic (exact) mass is 382 g/mol. The van der Waals surface area contributed by atoms with E-state index >= 15 is 0 Å². The zero-order valence-electron chi connectivity index (χ0n) is 13.1. The molecule has 1 atom stereocenters. The summed E-state index contributed by atoms with van der Waals surface area (Å²) >= 11 is 4.54. The summed E-state index contributed by atoms with van der Waals surface area (Å²) in [6.07, 6.45) is 2.53. The summed E-state index contributed by atoms with van der Waals surface area (Å²) < 4.78 is 0.951. The molecular weight excluding hydrogens is 364 g/mol. The lowest BCUT2D eigenvalue weighted by molar-refractivity contribution is -0.124. The Balaban J connectivity index is 2.29. The smallest absolute Gasteiger partial charge is 0.293 e. The molecule has 1 heterocycles. The van der Waals surface area contributed by atoms with Gasteiger partial charge in [0.15, 0.2) is 0 Å². The second-order valence-electron chi connectivity index (χ2n) is 5.41. The Hall–Kier alpha value is -1.27. The average Bonchev–Trinajstić information content (AvgIpc) is 2.72. The van der Waals surface area contributed by atoms with Crippen molar-refractivity contribution in [1.29, 1.82) is 0 Å². The average molecular weight is 383 g/mol. The number of imide groups is 1. The number of benzene rings is 1. The zero-order chi connectivity index (χ0) is 16.4. The van der Waals surface area contributed by atoms with Crippen LogP contribution in [0, 0.1) is 0 Å². The van der Waals surface area contributed by atoms with Crippen molar-refractivity contribution in [1.82, 2.24) is 4.90 Å². The largest absolute Gasteiger partial charge is 0.377 e. The summed E-state index contributed by atoms with van der Waals surface area (Å²) in [7, 11) is 3.94. The molecule has 2 amide bonds. The van der Waals surface area contributed by atoms with Gasteiger partial charge in [0.1, 0.15) is 0 Å². The minimum atomic E-state index is -0.197. The fraction of sp³-hybridized carbons (Fsp3) is 0.375. The van der Waals surface area contributed by atoms with Crippen LogP contribution in [0.25, 0.3) is 6.08 Å². The molecule has 2 rings (SSSR count). The van der Waals surface area contributed by atoms with E-state index in [1.165, 1.54) is 4.90 Å². The molecule has 0 unspecified atom stereocenters. The highest BCUT2D eigenvalue weighted by molar-refractivity contribution is 9.10. The molecule has 1 fully saturated rings. The summed E-state index contributed by atoms with van der Waals surface area (Å²) in [5, 5.41) is -0.186. The number of hydrogen-bond donors (Lipinski definition) is 0. The number of hydrogen-bond acceptors (Lipinski definition) is 4. The molecule has 0 bridgehead atoms. The first kappa shape index (κ1) is 17.1. The second kappa shape index (κ2) is 6.87. The third-order valence-corrected chi connectivity index (χ3v) is 5.13. The normalized spacial score (nSPS) is 18.2. The van der Waals surface area contributed by atoms with Crippen LogP contribution in [0.2, 0.25) is 0 Å². The van der Waals surface area contributed by atoms with Gasteiger partial charge < -0.3 is 4.90 Å². The van der Waals surface area contributed by atoms with Gasteiger partial charge in [0.2, 0.25) is 0 Å². The van der Waals surface area contributed by atoms with Crippen molar-refractivity contribution < 1.29 is 9.59 Å². The lowest BCUT2D eigenvalue weighted by Crippen LogP contribution is -2.36. The van der Waals surface area contributed by atoms with Crippen molar-refractivity contribution in [3.8, 4) is 0 Å². The van der Waals surface area contributed by atoms with E-state index in [4.69, 9.17) is 0 Å². The molecule has 0 spiro atoms. The Kier molecular flexibility index (Phi) is 5.34. The van der Waals surface area contributed by atoms with Crippen molar-refractivity contribution in [2.24, 2.45) is 0 Å². The molecule has 4 nitrogen and oxygen atoms in total. The lowest BCUT2D eigenvalue weighted by atomic mass is 10.1. The highest BCUT2D eigenvalue weighted by atomic mass is 79.9. The first-order chi connectivity index (χ1) is 10.3. The molecule has 0 aromatic heterocycles. The molecule has 1 aromatic rings. The molecule has 0 aliphatic carbocycles. The van der Waals surface area contributed by atoms with E-state index < -0.39 is 0 Å². The summed E-state index contributed by atoms with van der Waals surface area (Å²) in [6.45, 7) is 3.86. The van der Waals surface area contributed by atoms with Crippen LogP contribution in [-0.4, -0.2) is 36.2 Å². The van der Waals surface area contributed by atoms with Crippen LogP contribution in [-0.2, 0) is 4.79 Å². The minimum absolute atomic E-state index is 0.0683. The van der Waals surface area contributed by atoms with E-state index in [1.54, 1.807) is 6.08 Å². The van der Waals surface area contributed by atoms with E-state index in [0.717, 1.165) is 33.9 Å². The third kappa shape index (κ3) is 3.38. The fourth-order valence-electron chi connectivity index (χ4n) is 2.17. The quantitative estimate of drug-likeness (QED) is 0.725. The highest BCUT2D eigenvalue weighted by Crippen LogP contribution is 2.35. The summed E-state index contributed by atoms with van der Waals surface area (Å²) in [4.78, 5) is 28.2. The maximum atomic E-state index is 12.4. The number of halogens is 1. The number of anilines is 1. The standard InChI is InChI=1S/C16H19BrN2O2S/c1-5-10(2)19-15(20)14(22-16(19)21)9-11-6-7-13(18(3)4)12(17)8-11/h6-10H,5H2,1-4H3/b14-9-/t10-/m0/s1. The topological polar surface area (TPSA) is 40.6 Å². The van der Waals surface area contributed by atoms with Crippen molar-refractivity contribution in [3.05, 3.63) is 33.1 Å². The molecule has 6 heteroatoms. The number of carbonyl (C=O) groups excluding carboxylic acids is 2. The van der Waals surface area contributed by atoms with Gasteiger partial charge in [0.25, 0.3) is 11.1 Å². The van der Waals surface area contributed by atoms with Crippen LogP contribution in [0.3, 0.4) is 0 Å². The van der Waals surface area contributed by atoms with Gasteiger partial charge in [-0.05, 0) is 64.8 Å². The molecule has 0 saturated carbocycles. The predicted molar refractivity (Wildman–Crippen MR) is 96.0 cm³/mol. The van der Waals surface area contributed by atoms with Crippen molar-refractivity contribution >= 4 is 50.6 Å². The van der Waals surface area contributed by atoms with E-state index in [9.17, 15) is 9.59 Å². The molecule has 1 saturated heterocycles. The molecule has 1 aliphatic heterocycles. The van der Waals surface area contributed by atoms with E-state index in [2.05, 4.69) is 15.9 Å². The predicted octanol–water partition coefficient (Wildman–Crippen LogP) is 4.35. The molecule has 1 aliphatic rings. The third-order valence-electron chi connectivity index (χ3n) is 3.61. The van der Waals surface area contributed by atoms with Crippen LogP contribution in [0.4, 0.5) is 10.5 Å². The van der Waals surface area contributed by atoms with E-state index in [0.29, 0.717) is 4.91 Å². The molecule has 0 N–H and O–H groups in total. The van der Waals surface area contributed by atoms with Gasteiger partial charge in [0.05, 0.1) is 10.6 Å². The molecule has 1 aromatic carbocycles. The Morgan fingerprint density at radius 1 is 1.36 bits per heavy atom. The van der Waals surface area contributed by atoms with Crippen molar-refractivity contribution in [2.45, 2.75) is 26.3 Å². The highest BCUT2D eigenvalue weighted by Gasteiger charge is 2.37. The van der Waals surface area contributed by atoms with E-state index in [1.807, 2.05) is 51.0 Å². The van der Waals surface area contributed by atoms with Crippen LogP contribution < -0.4 is 4.90 Å². The number of nitrogens with zero attached hydrogens (tertiary/aromatic N) is 2. The second-order valence-corrected chi connectivity index (χ2v) is 7.26. The summed E-state index contributed by atoms with van der Waals surface area (Å²) in [5.74, 6) is -0.197. The Morgan fingerprint density at radius 3 is 2.59 bits per heavy atom. The first-order valence-corrected chi connectivity index (χ1v) is 8.70. The number of thioether (sulfide) groups is 1. The van der Waals surface area contributed by atoms with Crippen LogP contribution in [0.1, 0.15) is 25.8 Å². The van der Waals surface area contributed by atoms with Gasteiger partial charge >= 0.3 is 0 Å². The zero-order valence-corrected chi connectivity index (χ0v) is 15.5. The van der Waals surface area contributed by atoms with Gasteiger partial charge in [-0.1, -0.05) is 13.0 Å². The van der Waals surface area contributed by atoms with Crippen LogP contribution in [0.15, 0.2) is 27.6 Å². The number of rotatable bonds is 4. The summed E-state index contributed by atoms with van der Waals surface area (Å²) in [5.41, 5.74) is 1.96. The number of carbonyl (C=O) groups is 2. The molecule has 118 valence electrons. The van der Waals surface area contributed by atoms with Gasteiger partial charge in [-0.25, -0.2) is 0 Å². The van der Waals surface area contributed by atoms with Crippen molar-refractivity contribution in [3.63, 3.8) is 0 Å². The minimum Gasteiger partial charge on any atom is -0.377 e. The van der Waals surface area contributed by atoms with Gasteiger partial charge in [-0.3, -0.25) is 14.5 Å². The van der Waals surface area contributed by atoms with E-state index in [-0.39, 0.29) is 17.2 Å². The maximum absolute atomic E-state index is 12.4. The molecular formula is C16H19BrN2O2S. The van der Waals surface area contributed by atoms with Gasteiger partial charge in [-0.15, -0.1) is 0 Å². The first-order valence-electron chi connectivity index (χ1n) is 7.09. The van der Waals surface area contributed by atoms with Crippen LogP contribution in [0.5, 0.6) is 0 Å². The Labute approximate surface area is 143 Å². The van der Waals surface area contributed by atoms with Crippen molar-refractivity contribution in [2.75, 3.05) is 19.0 Å². The summed E-state index contributed by atoms with van der Waals surface area (Å²) in [6, 6.07) is 5.81. The number of amides is 2. The fourth-order valence-corrected chi connectivity index (χ4v) is 3.85. The maximum Gasteiger partial charge on any atom is 0.293 e.